The smallest absolute Gasteiger partial charge is 0.326 e. The lowest BCUT2D eigenvalue weighted by molar-refractivity contribution is -0.142. The lowest BCUT2D eigenvalue weighted by Gasteiger charge is -2.30. The summed E-state index contributed by atoms with van der Waals surface area (Å²) in [7, 11) is 0. The van der Waals surface area contributed by atoms with Crippen LogP contribution in [0.2, 0.25) is 0 Å². The number of carboxylic acid groups (broad SMARTS) is 1. The van der Waals surface area contributed by atoms with E-state index in [2.05, 4.69) is 5.92 Å². The first-order valence-corrected chi connectivity index (χ1v) is 7.32. The minimum absolute atomic E-state index is 0.116. The molecule has 3 atom stereocenters. The zero-order chi connectivity index (χ0) is 14.7. The van der Waals surface area contributed by atoms with Crippen molar-refractivity contribution >= 4 is 12.0 Å². The van der Waals surface area contributed by atoms with Gasteiger partial charge >= 0.3 is 12.0 Å². The molecule has 0 aromatic heterocycles. The molecule has 5 heteroatoms. The molecule has 2 fully saturated rings. The number of likely N-dealkylation sites (tertiary alicyclic amines) is 1. The van der Waals surface area contributed by atoms with Crippen molar-refractivity contribution < 1.29 is 14.7 Å². The van der Waals surface area contributed by atoms with Crippen molar-refractivity contribution in [2.45, 2.75) is 38.6 Å². The largest absolute Gasteiger partial charge is 0.480 e. The van der Waals surface area contributed by atoms with Crippen molar-refractivity contribution in [2.24, 2.45) is 11.8 Å². The summed E-state index contributed by atoms with van der Waals surface area (Å²) in [5.74, 6) is 2.06. The van der Waals surface area contributed by atoms with Crippen LogP contribution in [0.15, 0.2) is 0 Å². The molecule has 1 N–H and O–H groups in total. The molecule has 3 unspecified atom stereocenters. The van der Waals surface area contributed by atoms with Gasteiger partial charge in [-0.3, -0.25) is 0 Å². The maximum absolute atomic E-state index is 12.6. The summed E-state index contributed by atoms with van der Waals surface area (Å²) in [6, 6.07) is -0.890. The fourth-order valence-electron chi connectivity index (χ4n) is 3.62. The van der Waals surface area contributed by atoms with Crippen LogP contribution in [-0.4, -0.2) is 52.6 Å². The van der Waals surface area contributed by atoms with Gasteiger partial charge in [0.15, 0.2) is 0 Å². The van der Waals surface area contributed by atoms with Gasteiger partial charge in [0.1, 0.15) is 6.04 Å². The van der Waals surface area contributed by atoms with E-state index in [-0.39, 0.29) is 18.5 Å². The molecule has 5 nitrogen and oxygen atoms in total. The first-order chi connectivity index (χ1) is 9.60. The Labute approximate surface area is 119 Å². The van der Waals surface area contributed by atoms with Crippen LogP contribution in [0.3, 0.4) is 0 Å². The maximum atomic E-state index is 12.6. The summed E-state index contributed by atoms with van der Waals surface area (Å²) in [4.78, 5) is 27.2. The molecule has 2 aliphatic rings. The second-order valence-electron chi connectivity index (χ2n) is 5.70. The molecule has 0 radical (unpaired) electrons. The van der Waals surface area contributed by atoms with Gasteiger partial charge in [-0.05, 0) is 31.1 Å². The number of rotatable bonds is 4. The van der Waals surface area contributed by atoms with E-state index in [1.54, 1.807) is 4.90 Å². The van der Waals surface area contributed by atoms with E-state index in [4.69, 9.17) is 6.42 Å². The van der Waals surface area contributed by atoms with Gasteiger partial charge in [-0.25, -0.2) is 9.59 Å². The van der Waals surface area contributed by atoms with Gasteiger partial charge in [-0.2, -0.15) is 0 Å². The Balaban J connectivity index is 2.15. The van der Waals surface area contributed by atoms with Crippen molar-refractivity contribution in [1.82, 2.24) is 9.80 Å². The second kappa shape index (κ2) is 6.17. The number of nitrogens with zero attached hydrogens (tertiary/aromatic N) is 2. The Kier molecular flexibility index (Phi) is 4.53. The maximum Gasteiger partial charge on any atom is 0.326 e. The van der Waals surface area contributed by atoms with E-state index < -0.39 is 12.0 Å². The summed E-state index contributed by atoms with van der Waals surface area (Å²) in [5.41, 5.74) is 0. The third-order valence-electron chi connectivity index (χ3n) is 4.44. The normalized spacial score (nSPS) is 28.0. The van der Waals surface area contributed by atoms with Crippen molar-refractivity contribution in [2.75, 3.05) is 19.6 Å². The van der Waals surface area contributed by atoms with Crippen LogP contribution in [-0.2, 0) is 4.79 Å². The van der Waals surface area contributed by atoms with Crippen LogP contribution < -0.4 is 0 Å². The number of carboxylic acids is 1. The topological polar surface area (TPSA) is 60.9 Å². The van der Waals surface area contributed by atoms with Gasteiger partial charge in [-0.15, -0.1) is 6.42 Å². The predicted octanol–water partition coefficient (Wildman–Crippen LogP) is 1.64. The molecule has 20 heavy (non-hydrogen) atoms. The number of carbonyl (C=O) groups excluding carboxylic acids is 1. The first-order valence-electron chi connectivity index (χ1n) is 7.32. The lowest BCUT2D eigenvalue weighted by Crippen LogP contribution is -2.49. The average molecular weight is 278 g/mol. The Morgan fingerprint density at radius 3 is 2.80 bits per heavy atom. The minimum Gasteiger partial charge on any atom is -0.480 e. The van der Waals surface area contributed by atoms with E-state index in [0.29, 0.717) is 19.0 Å². The monoisotopic (exact) mass is 278 g/mol. The summed E-state index contributed by atoms with van der Waals surface area (Å²) in [6.07, 6.45) is 9.13. The van der Waals surface area contributed by atoms with E-state index >= 15 is 0 Å². The standard InChI is InChI=1S/C15H22N2O3/c1-3-8-16(9-4-2)15(20)17-10-11-6-5-7-12(11)13(17)14(18)19/h1,11-13H,4-10H2,2H3,(H,18,19). The average Bonchev–Trinajstić information content (AvgIpc) is 2.96. The third kappa shape index (κ3) is 2.60. The molecule has 0 aromatic rings. The van der Waals surface area contributed by atoms with Crippen LogP contribution >= 0.6 is 0 Å². The van der Waals surface area contributed by atoms with Gasteiger partial charge in [0.05, 0.1) is 6.54 Å². The number of hydrogen-bond donors (Lipinski definition) is 1. The highest BCUT2D eigenvalue weighted by Crippen LogP contribution is 2.42. The second-order valence-corrected chi connectivity index (χ2v) is 5.70. The number of hydrogen-bond acceptors (Lipinski definition) is 2. The van der Waals surface area contributed by atoms with Gasteiger partial charge in [0, 0.05) is 13.1 Å². The van der Waals surface area contributed by atoms with E-state index in [1.807, 2.05) is 6.92 Å². The number of carbonyl (C=O) groups is 2. The Morgan fingerprint density at radius 1 is 1.45 bits per heavy atom. The van der Waals surface area contributed by atoms with Gasteiger partial charge in [0.25, 0.3) is 0 Å². The fourth-order valence-corrected chi connectivity index (χ4v) is 3.62. The van der Waals surface area contributed by atoms with Crippen molar-refractivity contribution in [1.29, 1.82) is 0 Å². The van der Waals surface area contributed by atoms with Gasteiger partial charge in [0.2, 0.25) is 0 Å². The lowest BCUT2D eigenvalue weighted by atomic mass is 9.94. The van der Waals surface area contributed by atoms with Crippen molar-refractivity contribution in [3.05, 3.63) is 0 Å². The number of fused-ring (bicyclic) bond motifs is 1. The zero-order valence-corrected chi connectivity index (χ0v) is 11.9. The molecule has 2 rings (SSSR count). The van der Waals surface area contributed by atoms with Crippen LogP contribution in [0.5, 0.6) is 0 Å². The van der Waals surface area contributed by atoms with Crippen LogP contribution in [0.25, 0.3) is 0 Å². The highest BCUT2D eigenvalue weighted by atomic mass is 16.4. The molecular formula is C15H22N2O3. The highest BCUT2D eigenvalue weighted by Gasteiger charge is 2.50. The molecule has 0 bridgehead atoms. The number of urea groups is 1. The zero-order valence-electron chi connectivity index (χ0n) is 11.9. The van der Waals surface area contributed by atoms with Crippen LogP contribution in [0, 0.1) is 24.2 Å². The van der Waals surface area contributed by atoms with Gasteiger partial charge < -0.3 is 14.9 Å². The van der Waals surface area contributed by atoms with Crippen molar-refractivity contribution in [3.63, 3.8) is 0 Å². The fraction of sp³-hybridized carbons (Fsp3) is 0.733. The molecule has 1 aliphatic heterocycles. The minimum atomic E-state index is -0.884. The molecule has 1 aliphatic carbocycles. The summed E-state index contributed by atoms with van der Waals surface area (Å²) in [5, 5.41) is 9.47. The molecule has 0 aromatic carbocycles. The number of terminal acetylenes is 1. The molecule has 0 spiro atoms. The Morgan fingerprint density at radius 2 is 2.20 bits per heavy atom. The van der Waals surface area contributed by atoms with Crippen LogP contribution in [0.4, 0.5) is 4.79 Å². The molecule has 1 heterocycles. The molecule has 2 amide bonds. The third-order valence-corrected chi connectivity index (χ3v) is 4.44. The molecular weight excluding hydrogens is 256 g/mol. The quantitative estimate of drug-likeness (QED) is 0.795. The van der Waals surface area contributed by atoms with Crippen molar-refractivity contribution in [3.8, 4) is 12.3 Å². The molecule has 1 saturated carbocycles. The Bertz CT molecular complexity index is 429. The predicted molar refractivity (Wildman–Crippen MR) is 75.1 cm³/mol. The first kappa shape index (κ1) is 14.7. The summed E-state index contributed by atoms with van der Waals surface area (Å²) < 4.78 is 0. The van der Waals surface area contributed by atoms with E-state index in [1.165, 1.54) is 4.90 Å². The van der Waals surface area contributed by atoms with Gasteiger partial charge in [-0.1, -0.05) is 19.3 Å². The number of aliphatic carboxylic acids is 1. The van der Waals surface area contributed by atoms with Crippen LogP contribution in [0.1, 0.15) is 32.6 Å². The Hall–Kier alpha value is -1.70. The summed E-state index contributed by atoms with van der Waals surface area (Å²) in [6.45, 7) is 3.35. The van der Waals surface area contributed by atoms with E-state index in [9.17, 15) is 14.7 Å². The highest BCUT2D eigenvalue weighted by molar-refractivity contribution is 5.84. The number of amides is 2. The molecule has 110 valence electrons. The van der Waals surface area contributed by atoms with E-state index in [0.717, 1.165) is 25.7 Å². The summed E-state index contributed by atoms with van der Waals surface area (Å²) >= 11 is 0. The SMILES string of the molecule is C#CCN(CCC)C(=O)N1CC2CCCC2C1C(=O)O. The molecule has 1 saturated heterocycles.